The number of hydrogen-bond acceptors (Lipinski definition) is 4. The van der Waals surface area contributed by atoms with E-state index in [4.69, 9.17) is 16.1 Å². The summed E-state index contributed by atoms with van der Waals surface area (Å²) >= 11 is 6.10. The Morgan fingerprint density at radius 2 is 2.09 bits per heavy atom. The van der Waals surface area contributed by atoms with Crippen LogP contribution >= 0.6 is 11.6 Å². The standard InChI is InChI=1S/C16H15ClN2O4/c17-11-6-2-1-5-10(11)14-9-12(18-23-14)15(20)19-8-4-3-7-13(19)16(21)22/h1-2,5-6,9,13H,3-4,7-8H2,(H,21,22)/t13-/m1/s1. The lowest BCUT2D eigenvalue weighted by Crippen LogP contribution is -2.48. The molecule has 120 valence electrons. The summed E-state index contributed by atoms with van der Waals surface area (Å²) < 4.78 is 5.21. The van der Waals surface area contributed by atoms with Gasteiger partial charge in [0, 0.05) is 18.2 Å². The van der Waals surface area contributed by atoms with Crippen LogP contribution in [0, 0.1) is 0 Å². The van der Waals surface area contributed by atoms with Gasteiger partial charge in [-0.1, -0.05) is 28.9 Å². The molecule has 1 amide bonds. The first-order valence-electron chi connectivity index (χ1n) is 7.33. The van der Waals surface area contributed by atoms with Crippen molar-refractivity contribution < 1.29 is 19.2 Å². The molecule has 7 heteroatoms. The van der Waals surface area contributed by atoms with Gasteiger partial charge in [-0.05, 0) is 31.4 Å². The van der Waals surface area contributed by atoms with Crippen LogP contribution in [0.1, 0.15) is 29.8 Å². The number of carbonyl (C=O) groups excluding carboxylic acids is 1. The van der Waals surface area contributed by atoms with Gasteiger partial charge in [0.25, 0.3) is 5.91 Å². The molecular formula is C16H15ClN2O4. The van der Waals surface area contributed by atoms with Crippen molar-refractivity contribution in [2.45, 2.75) is 25.3 Å². The van der Waals surface area contributed by atoms with Crippen molar-refractivity contribution in [3.8, 4) is 11.3 Å². The zero-order valence-electron chi connectivity index (χ0n) is 12.2. The van der Waals surface area contributed by atoms with Gasteiger partial charge in [0.05, 0.1) is 5.02 Å². The third-order valence-electron chi connectivity index (χ3n) is 3.92. The Morgan fingerprint density at radius 1 is 1.30 bits per heavy atom. The number of halogens is 1. The molecule has 1 saturated heterocycles. The molecule has 2 heterocycles. The van der Waals surface area contributed by atoms with Gasteiger partial charge in [0.15, 0.2) is 11.5 Å². The van der Waals surface area contributed by atoms with Gasteiger partial charge in [-0.2, -0.15) is 0 Å². The van der Waals surface area contributed by atoms with Crippen LogP contribution in [-0.4, -0.2) is 39.6 Å². The predicted octanol–water partition coefficient (Wildman–Crippen LogP) is 3.07. The molecule has 0 radical (unpaired) electrons. The van der Waals surface area contributed by atoms with E-state index in [0.717, 1.165) is 12.8 Å². The zero-order valence-corrected chi connectivity index (χ0v) is 13.0. The summed E-state index contributed by atoms with van der Waals surface area (Å²) in [6.45, 7) is 0.407. The van der Waals surface area contributed by atoms with E-state index in [1.807, 2.05) is 0 Å². The van der Waals surface area contributed by atoms with Crippen LogP contribution < -0.4 is 0 Å². The lowest BCUT2D eigenvalue weighted by atomic mass is 10.0. The number of benzene rings is 1. The quantitative estimate of drug-likeness (QED) is 0.932. The number of amides is 1. The Hall–Kier alpha value is -2.34. The fourth-order valence-corrected chi connectivity index (χ4v) is 2.97. The van der Waals surface area contributed by atoms with Gasteiger partial charge in [-0.15, -0.1) is 0 Å². The van der Waals surface area contributed by atoms with Crippen LogP contribution in [0.3, 0.4) is 0 Å². The number of nitrogens with zero attached hydrogens (tertiary/aromatic N) is 2. The average molecular weight is 335 g/mol. The molecule has 0 unspecified atom stereocenters. The summed E-state index contributed by atoms with van der Waals surface area (Å²) in [6, 6.07) is 7.76. The van der Waals surface area contributed by atoms with Gasteiger partial charge < -0.3 is 14.5 Å². The van der Waals surface area contributed by atoms with E-state index in [2.05, 4.69) is 5.16 Å². The highest BCUT2D eigenvalue weighted by Gasteiger charge is 2.33. The Balaban J connectivity index is 1.86. The number of carboxylic acid groups (broad SMARTS) is 1. The molecule has 6 nitrogen and oxygen atoms in total. The van der Waals surface area contributed by atoms with E-state index in [1.54, 1.807) is 24.3 Å². The highest BCUT2D eigenvalue weighted by atomic mass is 35.5. The molecule has 1 aliphatic heterocycles. The first kappa shape index (κ1) is 15.6. The van der Waals surface area contributed by atoms with Crippen LogP contribution in [-0.2, 0) is 4.79 Å². The molecule has 0 bridgehead atoms. The molecule has 23 heavy (non-hydrogen) atoms. The first-order chi connectivity index (χ1) is 11.1. The van der Waals surface area contributed by atoms with Gasteiger partial charge in [0.1, 0.15) is 6.04 Å². The second-order valence-corrected chi connectivity index (χ2v) is 5.81. The first-order valence-corrected chi connectivity index (χ1v) is 7.71. The highest BCUT2D eigenvalue weighted by Crippen LogP contribution is 2.29. The summed E-state index contributed by atoms with van der Waals surface area (Å²) in [5.41, 5.74) is 0.724. The fourth-order valence-electron chi connectivity index (χ4n) is 2.74. The minimum absolute atomic E-state index is 0.0908. The summed E-state index contributed by atoms with van der Waals surface area (Å²) in [5.74, 6) is -1.05. The van der Waals surface area contributed by atoms with Crippen molar-refractivity contribution in [2.75, 3.05) is 6.54 Å². The second kappa shape index (κ2) is 6.42. The SMILES string of the molecule is O=C(O)[C@H]1CCCCN1C(=O)c1cc(-c2ccccc2Cl)on1. The normalized spacial score (nSPS) is 18.0. The molecule has 0 saturated carbocycles. The number of aromatic nitrogens is 1. The lowest BCUT2D eigenvalue weighted by molar-refractivity contribution is -0.143. The zero-order chi connectivity index (χ0) is 16.4. The third-order valence-corrected chi connectivity index (χ3v) is 4.25. The van der Waals surface area contributed by atoms with Crippen LogP contribution in [0.5, 0.6) is 0 Å². The van der Waals surface area contributed by atoms with Crippen molar-refractivity contribution in [2.24, 2.45) is 0 Å². The number of carboxylic acids is 1. The Labute approximate surface area is 137 Å². The van der Waals surface area contributed by atoms with Crippen molar-refractivity contribution in [3.05, 3.63) is 41.0 Å². The fraction of sp³-hybridized carbons (Fsp3) is 0.312. The highest BCUT2D eigenvalue weighted by molar-refractivity contribution is 6.33. The maximum atomic E-state index is 12.6. The van der Waals surface area contributed by atoms with Gasteiger partial charge in [-0.3, -0.25) is 4.79 Å². The van der Waals surface area contributed by atoms with E-state index in [1.165, 1.54) is 11.0 Å². The molecule has 1 aromatic heterocycles. The van der Waals surface area contributed by atoms with Crippen molar-refractivity contribution in [1.29, 1.82) is 0 Å². The second-order valence-electron chi connectivity index (χ2n) is 5.40. The van der Waals surface area contributed by atoms with E-state index in [-0.39, 0.29) is 5.69 Å². The largest absolute Gasteiger partial charge is 0.480 e. The number of piperidine rings is 1. The van der Waals surface area contributed by atoms with Crippen LogP contribution in [0.4, 0.5) is 0 Å². The molecule has 3 rings (SSSR count). The maximum Gasteiger partial charge on any atom is 0.326 e. The number of rotatable bonds is 3. The Kier molecular flexibility index (Phi) is 4.34. The molecule has 1 N–H and O–H groups in total. The van der Waals surface area contributed by atoms with Gasteiger partial charge in [0.2, 0.25) is 0 Å². The average Bonchev–Trinajstić information content (AvgIpc) is 3.04. The summed E-state index contributed by atoms with van der Waals surface area (Å²) in [6.07, 6.45) is 2.03. The van der Waals surface area contributed by atoms with Gasteiger partial charge in [-0.25, -0.2) is 4.79 Å². The van der Waals surface area contributed by atoms with Crippen molar-refractivity contribution in [1.82, 2.24) is 10.1 Å². The van der Waals surface area contributed by atoms with E-state index in [0.29, 0.717) is 29.3 Å². The monoisotopic (exact) mass is 334 g/mol. The molecule has 1 fully saturated rings. The third kappa shape index (κ3) is 3.07. The van der Waals surface area contributed by atoms with Crippen LogP contribution in [0.15, 0.2) is 34.9 Å². The molecule has 2 aromatic rings. The van der Waals surface area contributed by atoms with Crippen molar-refractivity contribution >= 4 is 23.5 Å². The Morgan fingerprint density at radius 3 is 2.83 bits per heavy atom. The summed E-state index contributed by atoms with van der Waals surface area (Å²) in [5, 5.41) is 13.5. The van der Waals surface area contributed by atoms with Crippen LogP contribution in [0.25, 0.3) is 11.3 Å². The van der Waals surface area contributed by atoms with E-state index < -0.39 is 17.9 Å². The number of aliphatic carboxylic acids is 1. The smallest absolute Gasteiger partial charge is 0.326 e. The molecule has 1 aliphatic rings. The lowest BCUT2D eigenvalue weighted by Gasteiger charge is -2.32. The maximum absolute atomic E-state index is 12.6. The predicted molar refractivity (Wildman–Crippen MR) is 83.3 cm³/mol. The molecule has 0 spiro atoms. The van der Waals surface area contributed by atoms with E-state index in [9.17, 15) is 14.7 Å². The van der Waals surface area contributed by atoms with Crippen LogP contribution in [0.2, 0.25) is 5.02 Å². The number of carbonyl (C=O) groups is 2. The Bertz CT molecular complexity index is 743. The molecular weight excluding hydrogens is 320 g/mol. The molecule has 0 aliphatic carbocycles. The minimum Gasteiger partial charge on any atom is -0.480 e. The minimum atomic E-state index is -0.993. The topological polar surface area (TPSA) is 83.6 Å². The van der Waals surface area contributed by atoms with E-state index >= 15 is 0 Å². The molecule has 1 atom stereocenters. The van der Waals surface area contributed by atoms with Gasteiger partial charge >= 0.3 is 5.97 Å². The summed E-state index contributed by atoms with van der Waals surface area (Å²) in [4.78, 5) is 25.2. The van der Waals surface area contributed by atoms with Crippen molar-refractivity contribution in [3.63, 3.8) is 0 Å². The number of hydrogen-bond donors (Lipinski definition) is 1. The summed E-state index contributed by atoms with van der Waals surface area (Å²) in [7, 11) is 0. The number of likely N-dealkylation sites (tertiary alicyclic amines) is 1. The molecule has 1 aromatic carbocycles.